The van der Waals surface area contributed by atoms with Crippen molar-refractivity contribution < 1.29 is 13.9 Å². The fourth-order valence-electron chi connectivity index (χ4n) is 3.40. The second-order valence-corrected chi connectivity index (χ2v) is 8.29. The second kappa shape index (κ2) is 10.4. The fraction of sp³-hybridized carbons (Fsp3) is 0.160. The van der Waals surface area contributed by atoms with Gasteiger partial charge in [0.1, 0.15) is 5.82 Å². The van der Waals surface area contributed by atoms with Crippen molar-refractivity contribution >= 4 is 28.6 Å². The number of fused-ring (bicyclic) bond motifs is 1. The molecule has 6 nitrogen and oxygen atoms in total. The molecule has 0 aliphatic rings. The average molecular weight is 464 g/mol. The Kier molecular flexibility index (Phi) is 7.16. The van der Waals surface area contributed by atoms with Crippen LogP contribution in [-0.2, 0) is 22.7 Å². The van der Waals surface area contributed by atoms with Crippen LogP contribution in [0, 0.1) is 5.82 Å². The molecule has 1 aromatic heterocycles. The van der Waals surface area contributed by atoms with E-state index in [4.69, 9.17) is 4.74 Å². The van der Waals surface area contributed by atoms with Crippen molar-refractivity contribution in [3.05, 3.63) is 100 Å². The third kappa shape index (κ3) is 5.47. The van der Waals surface area contributed by atoms with Crippen LogP contribution in [0.25, 0.3) is 16.6 Å². The number of halogens is 1. The summed E-state index contributed by atoms with van der Waals surface area (Å²) in [6, 6.07) is 20.4. The predicted molar refractivity (Wildman–Crippen MR) is 127 cm³/mol. The van der Waals surface area contributed by atoms with E-state index in [1.807, 2.05) is 24.3 Å². The van der Waals surface area contributed by atoms with Gasteiger partial charge in [-0.05, 0) is 47.5 Å². The van der Waals surface area contributed by atoms with Crippen molar-refractivity contribution in [1.82, 2.24) is 14.9 Å². The first-order valence-corrected chi connectivity index (χ1v) is 11.3. The molecule has 0 saturated carbocycles. The molecule has 0 atom stereocenters. The van der Waals surface area contributed by atoms with Gasteiger partial charge in [0, 0.05) is 13.7 Å². The number of carbonyl (C=O) groups excluding carboxylic acids is 1. The van der Waals surface area contributed by atoms with Crippen LogP contribution in [0.15, 0.2) is 82.7 Å². The van der Waals surface area contributed by atoms with Gasteiger partial charge in [0.2, 0.25) is 5.91 Å². The molecule has 0 aliphatic carbocycles. The van der Waals surface area contributed by atoms with Crippen molar-refractivity contribution in [2.24, 2.45) is 0 Å². The van der Waals surface area contributed by atoms with Crippen LogP contribution in [0.4, 0.5) is 4.39 Å². The Morgan fingerprint density at radius 3 is 2.61 bits per heavy atom. The summed E-state index contributed by atoms with van der Waals surface area (Å²) in [7, 11) is 1.64. The molecule has 168 valence electrons. The van der Waals surface area contributed by atoms with Crippen molar-refractivity contribution in [3.63, 3.8) is 0 Å². The van der Waals surface area contributed by atoms with Crippen LogP contribution in [0.2, 0.25) is 0 Å². The maximum absolute atomic E-state index is 13.4. The summed E-state index contributed by atoms with van der Waals surface area (Å²) in [5.41, 5.74) is 2.75. The summed E-state index contributed by atoms with van der Waals surface area (Å²) in [5.74, 6) is -0.516. The number of amides is 1. The largest absolute Gasteiger partial charge is 0.380 e. The molecule has 1 heterocycles. The Morgan fingerprint density at radius 1 is 1.06 bits per heavy atom. The Bertz CT molecular complexity index is 1340. The van der Waals surface area contributed by atoms with Gasteiger partial charge in [-0.15, -0.1) is 0 Å². The Labute approximate surface area is 194 Å². The molecule has 1 amide bonds. The molecule has 8 heteroatoms. The predicted octanol–water partition coefficient (Wildman–Crippen LogP) is 4.08. The first-order chi connectivity index (χ1) is 16.0. The van der Waals surface area contributed by atoms with Crippen LogP contribution in [0.3, 0.4) is 0 Å². The number of carbonyl (C=O) groups is 1. The zero-order chi connectivity index (χ0) is 23.2. The standard InChI is InChI=1S/C25H22FN3O3S/c1-32-15-18-6-4-5-17(13-18)14-27-23(30)16-33-25-28-22-8-3-2-7-21(22)24(31)29(25)20-11-9-19(26)10-12-20/h2-13H,14-16H2,1H3,(H,27,30). The van der Waals surface area contributed by atoms with Gasteiger partial charge < -0.3 is 10.1 Å². The first kappa shape index (κ1) is 22.7. The van der Waals surface area contributed by atoms with Crippen molar-refractivity contribution in [1.29, 1.82) is 0 Å². The summed E-state index contributed by atoms with van der Waals surface area (Å²) >= 11 is 1.16. The smallest absolute Gasteiger partial charge is 0.266 e. The third-order valence-corrected chi connectivity index (χ3v) is 5.89. The van der Waals surface area contributed by atoms with E-state index in [1.54, 1.807) is 31.4 Å². The van der Waals surface area contributed by atoms with Gasteiger partial charge in [-0.2, -0.15) is 0 Å². The van der Waals surface area contributed by atoms with Crippen molar-refractivity contribution in [2.75, 3.05) is 12.9 Å². The number of thioether (sulfide) groups is 1. The molecule has 0 spiro atoms. The van der Waals surface area contributed by atoms with Crippen molar-refractivity contribution in [3.8, 4) is 5.69 Å². The zero-order valence-electron chi connectivity index (χ0n) is 18.0. The highest BCUT2D eigenvalue weighted by molar-refractivity contribution is 7.99. The number of benzene rings is 3. The highest BCUT2D eigenvalue weighted by atomic mass is 32.2. The maximum atomic E-state index is 13.4. The number of ether oxygens (including phenoxy) is 1. The van der Waals surface area contributed by atoms with E-state index in [1.165, 1.54) is 28.8 Å². The number of hydrogen-bond donors (Lipinski definition) is 1. The summed E-state index contributed by atoms with van der Waals surface area (Å²) in [6.07, 6.45) is 0. The molecular formula is C25H22FN3O3S. The van der Waals surface area contributed by atoms with Gasteiger partial charge in [-0.1, -0.05) is 48.2 Å². The summed E-state index contributed by atoms with van der Waals surface area (Å²) in [4.78, 5) is 30.3. The molecular weight excluding hydrogens is 441 g/mol. The highest BCUT2D eigenvalue weighted by Crippen LogP contribution is 2.21. The molecule has 0 saturated heterocycles. The van der Waals surface area contributed by atoms with Crippen LogP contribution in [0.5, 0.6) is 0 Å². The number of nitrogens with one attached hydrogen (secondary N) is 1. The first-order valence-electron chi connectivity index (χ1n) is 10.3. The SMILES string of the molecule is COCc1cccc(CNC(=O)CSc2nc3ccccc3c(=O)n2-c2ccc(F)cc2)c1. The quantitative estimate of drug-likeness (QED) is 0.315. The topological polar surface area (TPSA) is 73.2 Å². The van der Waals surface area contributed by atoms with Crippen LogP contribution >= 0.6 is 11.8 Å². The minimum absolute atomic E-state index is 0.0732. The van der Waals surface area contributed by atoms with Crippen LogP contribution in [0.1, 0.15) is 11.1 Å². The lowest BCUT2D eigenvalue weighted by molar-refractivity contribution is -0.118. The molecule has 0 fully saturated rings. The molecule has 0 bridgehead atoms. The zero-order valence-corrected chi connectivity index (χ0v) is 18.8. The van der Waals surface area contributed by atoms with E-state index in [-0.39, 0.29) is 17.2 Å². The van der Waals surface area contributed by atoms with E-state index in [0.29, 0.717) is 34.9 Å². The number of hydrogen-bond acceptors (Lipinski definition) is 5. The summed E-state index contributed by atoms with van der Waals surface area (Å²) < 4.78 is 20.0. The number of nitrogens with zero attached hydrogens (tertiary/aromatic N) is 2. The summed E-state index contributed by atoms with van der Waals surface area (Å²) in [5, 5.41) is 3.71. The van der Waals surface area contributed by atoms with Gasteiger partial charge in [0.15, 0.2) is 5.16 Å². The van der Waals surface area contributed by atoms with Crippen LogP contribution in [-0.4, -0.2) is 28.3 Å². The molecule has 4 rings (SSSR count). The van der Waals surface area contributed by atoms with Gasteiger partial charge in [-0.25, -0.2) is 9.37 Å². The fourth-order valence-corrected chi connectivity index (χ4v) is 4.25. The molecule has 0 aliphatic heterocycles. The molecule has 4 aromatic rings. The normalized spacial score (nSPS) is 11.0. The van der Waals surface area contributed by atoms with Gasteiger partial charge >= 0.3 is 0 Å². The molecule has 0 radical (unpaired) electrons. The number of methoxy groups -OCH3 is 1. The number of rotatable bonds is 8. The van der Waals surface area contributed by atoms with E-state index in [0.717, 1.165) is 22.9 Å². The van der Waals surface area contributed by atoms with Gasteiger partial charge in [0.25, 0.3) is 5.56 Å². The minimum Gasteiger partial charge on any atom is -0.380 e. The average Bonchev–Trinajstić information content (AvgIpc) is 2.83. The monoisotopic (exact) mass is 463 g/mol. The Hall–Kier alpha value is -3.49. The van der Waals surface area contributed by atoms with Gasteiger partial charge in [-0.3, -0.25) is 14.2 Å². The molecule has 33 heavy (non-hydrogen) atoms. The van der Waals surface area contributed by atoms with Crippen molar-refractivity contribution in [2.45, 2.75) is 18.3 Å². The molecule has 0 unspecified atom stereocenters. The van der Waals surface area contributed by atoms with Crippen LogP contribution < -0.4 is 10.9 Å². The lowest BCUT2D eigenvalue weighted by Gasteiger charge is -2.13. The van der Waals surface area contributed by atoms with E-state index >= 15 is 0 Å². The van der Waals surface area contributed by atoms with Gasteiger partial charge in [0.05, 0.1) is 29.0 Å². The third-order valence-electron chi connectivity index (χ3n) is 4.95. The lowest BCUT2D eigenvalue weighted by Crippen LogP contribution is -2.26. The second-order valence-electron chi connectivity index (χ2n) is 7.35. The Morgan fingerprint density at radius 2 is 1.82 bits per heavy atom. The molecule has 3 aromatic carbocycles. The van der Waals surface area contributed by atoms with E-state index in [9.17, 15) is 14.0 Å². The minimum atomic E-state index is -0.399. The summed E-state index contributed by atoms with van der Waals surface area (Å²) in [6.45, 7) is 0.888. The number of para-hydroxylation sites is 1. The number of aromatic nitrogens is 2. The van der Waals surface area contributed by atoms with E-state index < -0.39 is 5.82 Å². The Balaban J connectivity index is 1.53. The molecule has 1 N–H and O–H groups in total. The maximum Gasteiger partial charge on any atom is 0.266 e. The lowest BCUT2D eigenvalue weighted by atomic mass is 10.1. The van der Waals surface area contributed by atoms with E-state index in [2.05, 4.69) is 10.3 Å². The highest BCUT2D eigenvalue weighted by Gasteiger charge is 2.15.